The van der Waals surface area contributed by atoms with Gasteiger partial charge in [0.2, 0.25) is 0 Å². The number of nitrogens with one attached hydrogen (secondary N) is 1. The van der Waals surface area contributed by atoms with E-state index < -0.39 is 0 Å². The molecule has 5 nitrogen and oxygen atoms in total. The number of nitrogens with two attached hydrogens (primary N) is 1. The molecule has 33 heavy (non-hydrogen) atoms. The summed E-state index contributed by atoms with van der Waals surface area (Å²) in [6.45, 7) is 8.82. The average molecular weight is 446 g/mol. The Kier molecular flexibility index (Phi) is 6.89. The topological polar surface area (TPSA) is 80.4 Å². The fourth-order valence-electron chi connectivity index (χ4n) is 4.73. The second-order valence-electron chi connectivity index (χ2n) is 9.66. The SMILES string of the molecule is C=C(CC(C)C)c1cnc2ccc(-c3cc(O)cc(OC)c3)cc2c1NC1CCC(N)CC1. The van der Waals surface area contributed by atoms with Crippen molar-refractivity contribution < 1.29 is 9.84 Å². The van der Waals surface area contributed by atoms with E-state index >= 15 is 0 Å². The van der Waals surface area contributed by atoms with Crippen molar-refractivity contribution in [2.24, 2.45) is 11.7 Å². The van der Waals surface area contributed by atoms with Crippen molar-refractivity contribution in [1.82, 2.24) is 4.98 Å². The molecule has 1 heterocycles. The smallest absolute Gasteiger partial charge is 0.123 e. The number of allylic oxidation sites excluding steroid dienone is 1. The summed E-state index contributed by atoms with van der Waals surface area (Å²) in [4.78, 5) is 4.77. The highest BCUT2D eigenvalue weighted by Crippen LogP contribution is 2.37. The summed E-state index contributed by atoms with van der Waals surface area (Å²) >= 11 is 0. The first kappa shape index (κ1) is 23.1. The van der Waals surface area contributed by atoms with Gasteiger partial charge in [0.15, 0.2) is 0 Å². The van der Waals surface area contributed by atoms with Crippen LogP contribution in [0, 0.1) is 5.92 Å². The molecule has 5 heteroatoms. The van der Waals surface area contributed by atoms with E-state index in [-0.39, 0.29) is 5.75 Å². The van der Waals surface area contributed by atoms with Crippen LogP contribution in [-0.2, 0) is 0 Å². The molecule has 0 bridgehead atoms. The molecule has 1 saturated carbocycles. The zero-order valence-corrected chi connectivity index (χ0v) is 19.9. The molecule has 4 N–H and O–H groups in total. The summed E-state index contributed by atoms with van der Waals surface area (Å²) in [5.41, 5.74) is 12.3. The van der Waals surface area contributed by atoms with Gasteiger partial charge in [-0.25, -0.2) is 0 Å². The van der Waals surface area contributed by atoms with Gasteiger partial charge < -0.3 is 20.9 Å². The van der Waals surface area contributed by atoms with Gasteiger partial charge in [-0.3, -0.25) is 4.98 Å². The number of hydrogen-bond acceptors (Lipinski definition) is 5. The molecule has 0 spiro atoms. The van der Waals surface area contributed by atoms with Crippen molar-refractivity contribution in [3.8, 4) is 22.6 Å². The van der Waals surface area contributed by atoms with E-state index in [1.54, 1.807) is 19.2 Å². The molecule has 0 amide bonds. The third-order valence-corrected chi connectivity index (χ3v) is 6.48. The van der Waals surface area contributed by atoms with Crippen LogP contribution in [0.3, 0.4) is 0 Å². The van der Waals surface area contributed by atoms with E-state index in [0.717, 1.165) is 71.0 Å². The van der Waals surface area contributed by atoms with Crippen LogP contribution in [0.2, 0.25) is 0 Å². The molecule has 1 aliphatic rings. The maximum absolute atomic E-state index is 10.2. The number of methoxy groups -OCH3 is 1. The van der Waals surface area contributed by atoms with Gasteiger partial charge in [0.25, 0.3) is 0 Å². The summed E-state index contributed by atoms with van der Waals surface area (Å²) < 4.78 is 5.36. The van der Waals surface area contributed by atoms with Crippen molar-refractivity contribution in [3.63, 3.8) is 0 Å². The molecule has 2 aromatic carbocycles. The molecule has 0 aliphatic heterocycles. The van der Waals surface area contributed by atoms with Crippen molar-refractivity contribution in [2.75, 3.05) is 12.4 Å². The summed E-state index contributed by atoms with van der Waals surface area (Å²) in [5.74, 6) is 1.32. The number of anilines is 1. The van der Waals surface area contributed by atoms with E-state index in [2.05, 4.69) is 31.8 Å². The first-order valence-electron chi connectivity index (χ1n) is 11.9. The Labute approximate surface area is 196 Å². The van der Waals surface area contributed by atoms with Crippen LogP contribution < -0.4 is 15.8 Å². The first-order valence-corrected chi connectivity index (χ1v) is 11.9. The van der Waals surface area contributed by atoms with Gasteiger partial charge in [0.05, 0.1) is 18.3 Å². The molecule has 174 valence electrons. The first-order chi connectivity index (χ1) is 15.8. The molecule has 4 rings (SSSR count). The minimum atomic E-state index is 0.179. The van der Waals surface area contributed by atoms with Crippen molar-refractivity contribution in [1.29, 1.82) is 0 Å². The molecule has 0 unspecified atom stereocenters. The lowest BCUT2D eigenvalue weighted by Crippen LogP contribution is -2.33. The van der Waals surface area contributed by atoms with E-state index in [9.17, 15) is 5.11 Å². The number of aromatic nitrogens is 1. The third kappa shape index (κ3) is 5.31. The molecule has 0 atom stereocenters. The van der Waals surface area contributed by atoms with Gasteiger partial charge in [0, 0.05) is 35.3 Å². The molecule has 0 saturated heterocycles. The fourth-order valence-corrected chi connectivity index (χ4v) is 4.73. The largest absolute Gasteiger partial charge is 0.508 e. The van der Waals surface area contributed by atoms with E-state index in [0.29, 0.717) is 23.8 Å². The maximum atomic E-state index is 10.2. The van der Waals surface area contributed by atoms with Crippen molar-refractivity contribution in [2.45, 2.75) is 58.0 Å². The van der Waals surface area contributed by atoms with Gasteiger partial charge in [-0.05, 0) is 79.0 Å². The molecular weight excluding hydrogens is 410 g/mol. The lowest BCUT2D eigenvalue weighted by molar-refractivity contribution is 0.408. The van der Waals surface area contributed by atoms with Crippen molar-refractivity contribution in [3.05, 3.63) is 54.7 Å². The van der Waals surface area contributed by atoms with Gasteiger partial charge in [-0.15, -0.1) is 0 Å². The van der Waals surface area contributed by atoms with Crippen LogP contribution in [0.25, 0.3) is 27.6 Å². The fraction of sp³-hybridized carbons (Fsp3) is 0.393. The number of nitrogens with zero attached hydrogens (tertiary/aromatic N) is 1. The zero-order chi connectivity index (χ0) is 23.5. The highest BCUT2D eigenvalue weighted by atomic mass is 16.5. The van der Waals surface area contributed by atoms with Crippen LogP contribution in [0.5, 0.6) is 11.5 Å². The quantitative estimate of drug-likeness (QED) is 0.394. The van der Waals surface area contributed by atoms with Crippen molar-refractivity contribution >= 4 is 22.2 Å². The Hall–Kier alpha value is -3.05. The average Bonchev–Trinajstić information content (AvgIpc) is 2.79. The van der Waals surface area contributed by atoms with Crippen LogP contribution in [0.1, 0.15) is 51.5 Å². The summed E-state index contributed by atoms with van der Waals surface area (Å²) in [5, 5.41) is 15.1. The number of aromatic hydroxyl groups is 1. The number of phenols is 1. The van der Waals surface area contributed by atoms with E-state index in [1.807, 2.05) is 24.4 Å². The standard InChI is InChI=1S/C28H35N3O2/c1-17(2)11-18(3)26-16-30-27-10-5-19(20-12-23(32)15-24(13-20)33-4)14-25(27)28(26)31-22-8-6-21(29)7-9-22/h5,10,12-17,21-22,32H,3,6-9,11,29H2,1-2,4H3,(H,30,31). The molecule has 3 aromatic rings. The minimum Gasteiger partial charge on any atom is -0.508 e. The number of rotatable bonds is 7. The summed E-state index contributed by atoms with van der Waals surface area (Å²) in [7, 11) is 1.60. The maximum Gasteiger partial charge on any atom is 0.123 e. The predicted octanol–water partition coefficient (Wildman–Crippen LogP) is 6.36. The van der Waals surface area contributed by atoms with Crippen LogP contribution in [-0.4, -0.2) is 29.3 Å². The van der Waals surface area contributed by atoms with Gasteiger partial charge >= 0.3 is 0 Å². The van der Waals surface area contributed by atoms with Crippen LogP contribution >= 0.6 is 0 Å². The second-order valence-corrected chi connectivity index (χ2v) is 9.66. The van der Waals surface area contributed by atoms with E-state index in [1.165, 1.54) is 0 Å². The highest BCUT2D eigenvalue weighted by Gasteiger charge is 2.21. The monoisotopic (exact) mass is 445 g/mol. The highest BCUT2D eigenvalue weighted by molar-refractivity contribution is 5.99. The molecule has 1 fully saturated rings. The Balaban J connectivity index is 1.82. The molecular formula is C28H35N3O2. The number of hydrogen-bond donors (Lipinski definition) is 3. The molecule has 0 radical (unpaired) electrons. The lowest BCUT2D eigenvalue weighted by atomic mass is 9.90. The predicted molar refractivity (Wildman–Crippen MR) is 138 cm³/mol. The minimum absolute atomic E-state index is 0.179. The number of pyridine rings is 1. The summed E-state index contributed by atoms with van der Waals surface area (Å²) in [6, 6.07) is 12.2. The van der Waals surface area contributed by atoms with Gasteiger partial charge in [-0.2, -0.15) is 0 Å². The van der Waals surface area contributed by atoms with Crippen LogP contribution in [0.4, 0.5) is 5.69 Å². The second kappa shape index (κ2) is 9.84. The Morgan fingerprint density at radius 1 is 1.15 bits per heavy atom. The number of fused-ring (bicyclic) bond motifs is 1. The zero-order valence-electron chi connectivity index (χ0n) is 19.9. The van der Waals surface area contributed by atoms with E-state index in [4.69, 9.17) is 15.5 Å². The number of benzene rings is 2. The number of ether oxygens (including phenoxy) is 1. The molecule has 1 aliphatic carbocycles. The van der Waals surface area contributed by atoms with Gasteiger partial charge in [-0.1, -0.05) is 26.5 Å². The molecule has 1 aromatic heterocycles. The lowest BCUT2D eigenvalue weighted by Gasteiger charge is -2.29. The Bertz CT molecular complexity index is 1150. The van der Waals surface area contributed by atoms with Gasteiger partial charge in [0.1, 0.15) is 11.5 Å². The third-order valence-electron chi connectivity index (χ3n) is 6.48. The van der Waals surface area contributed by atoms with Crippen LogP contribution in [0.15, 0.2) is 49.2 Å². The Morgan fingerprint density at radius 2 is 1.91 bits per heavy atom. The summed E-state index contributed by atoms with van der Waals surface area (Å²) in [6.07, 6.45) is 7.07. The number of phenolic OH excluding ortho intramolecular Hbond substituents is 1. The Morgan fingerprint density at radius 3 is 2.61 bits per heavy atom. The normalized spacial score (nSPS) is 18.5.